The average molecular weight is 338 g/mol. The Morgan fingerprint density at radius 3 is 2.58 bits per heavy atom. The van der Waals surface area contributed by atoms with Crippen molar-refractivity contribution in [2.45, 2.75) is 25.7 Å². The molecule has 5 heteroatoms. The van der Waals surface area contributed by atoms with E-state index in [9.17, 15) is 10.1 Å². The molecule has 0 bridgehead atoms. The standard InChI is InChI=1S/C19H16ClN3O/c1-19(2,12-21)13-3-5-15(6-4-13)23-17(7-8-18(23)24)16-11-14(20)9-10-22-16/h3-7,9-11H,8H2,1-2H3. The summed E-state index contributed by atoms with van der Waals surface area (Å²) in [4.78, 5) is 18.3. The maximum absolute atomic E-state index is 12.3. The number of aromatic nitrogens is 1. The first-order valence-electron chi connectivity index (χ1n) is 7.59. The molecule has 3 rings (SSSR count). The van der Waals surface area contributed by atoms with E-state index in [4.69, 9.17) is 11.6 Å². The van der Waals surface area contributed by atoms with Crippen LogP contribution in [-0.2, 0) is 10.2 Å². The van der Waals surface area contributed by atoms with E-state index in [2.05, 4.69) is 11.1 Å². The van der Waals surface area contributed by atoms with Gasteiger partial charge in [0, 0.05) is 23.3 Å². The molecule has 0 atom stereocenters. The Kier molecular flexibility index (Phi) is 4.13. The van der Waals surface area contributed by atoms with Gasteiger partial charge < -0.3 is 0 Å². The second-order valence-corrected chi connectivity index (χ2v) is 6.60. The summed E-state index contributed by atoms with van der Waals surface area (Å²) < 4.78 is 0. The fourth-order valence-electron chi connectivity index (χ4n) is 2.64. The molecule has 0 spiro atoms. The van der Waals surface area contributed by atoms with E-state index in [1.807, 2.05) is 44.2 Å². The van der Waals surface area contributed by atoms with Crippen LogP contribution in [0.4, 0.5) is 5.69 Å². The van der Waals surface area contributed by atoms with E-state index >= 15 is 0 Å². The molecule has 120 valence electrons. The Labute approximate surface area is 146 Å². The van der Waals surface area contributed by atoms with Gasteiger partial charge in [0.2, 0.25) is 5.91 Å². The van der Waals surface area contributed by atoms with Crippen LogP contribution in [-0.4, -0.2) is 10.9 Å². The minimum absolute atomic E-state index is 0.0148. The second kappa shape index (κ2) is 6.10. The summed E-state index contributed by atoms with van der Waals surface area (Å²) in [6, 6.07) is 13.2. The smallest absolute Gasteiger partial charge is 0.235 e. The molecule has 24 heavy (non-hydrogen) atoms. The van der Waals surface area contributed by atoms with Crippen molar-refractivity contribution in [1.82, 2.24) is 4.98 Å². The minimum Gasteiger partial charge on any atom is -0.279 e. The minimum atomic E-state index is -0.569. The fraction of sp³-hybridized carbons (Fsp3) is 0.211. The third kappa shape index (κ3) is 2.91. The number of anilines is 1. The number of hydrogen-bond donors (Lipinski definition) is 0. The lowest BCUT2D eigenvalue weighted by atomic mass is 9.86. The summed E-state index contributed by atoms with van der Waals surface area (Å²) in [6.45, 7) is 3.73. The normalized spacial score (nSPS) is 14.5. The molecule has 0 aliphatic carbocycles. The van der Waals surface area contributed by atoms with E-state index in [1.165, 1.54) is 0 Å². The van der Waals surface area contributed by atoms with Crippen LogP contribution in [0.1, 0.15) is 31.5 Å². The quantitative estimate of drug-likeness (QED) is 0.838. The van der Waals surface area contributed by atoms with Crippen molar-refractivity contribution in [3.63, 3.8) is 0 Å². The first-order valence-corrected chi connectivity index (χ1v) is 7.97. The van der Waals surface area contributed by atoms with Crippen molar-refractivity contribution < 1.29 is 4.79 Å². The van der Waals surface area contributed by atoms with Gasteiger partial charge in [-0.25, -0.2) is 0 Å². The van der Waals surface area contributed by atoms with Gasteiger partial charge >= 0.3 is 0 Å². The van der Waals surface area contributed by atoms with Gasteiger partial charge in [-0.3, -0.25) is 14.7 Å². The Bertz CT molecular complexity index is 863. The highest BCUT2D eigenvalue weighted by atomic mass is 35.5. The number of benzene rings is 1. The number of nitriles is 1. The van der Waals surface area contributed by atoms with Gasteiger partial charge in [0.25, 0.3) is 0 Å². The van der Waals surface area contributed by atoms with Crippen LogP contribution in [0.15, 0.2) is 48.7 Å². The van der Waals surface area contributed by atoms with Crippen LogP contribution in [0, 0.1) is 11.3 Å². The Morgan fingerprint density at radius 2 is 1.96 bits per heavy atom. The van der Waals surface area contributed by atoms with Crippen molar-refractivity contribution in [2.75, 3.05) is 4.90 Å². The van der Waals surface area contributed by atoms with Gasteiger partial charge in [-0.05, 0) is 49.8 Å². The van der Waals surface area contributed by atoms with Crippen LogP contribution in [0.2, 0.25) is 5.02 Å². The van der Waals surface area contributed by atoms with Crippen LogP contribution >= 0.6 is 11.6 Å². The van der Waals surface area contributed by atoms with Crippen LogP contribution in [0.3, 0.4) is 0 Å². The van der Waals surface area contributed by atoms with Crippen LogP contribution < -0.4 is 4.90 Å². The number of halogens is 1. The van der Waals surface area contributed by atoms with Gasteiger partial charge in [-0.2, -0.15) is 5.26 Å². The molecule has 0 saturated heterocycles. The lowest BCUT2D eigenvalue weighted by Crippen LogP contribution is -2.24. The number of pyridine rings is 1. The molecule has 0 radical (unpaired) electrons. The summed E-state index contributed by atoms with van der Waals surface area (Å²) in [5, 5.41) is 9.82. The van der Waals surface area contributed by atoms with Crippen molar-refractivity contribution in [3.05, 3.63) is 65.0 Å². The molecule has 0 fully saturated rings. The van der Waals surface area contributed by atoms with E-state index in [-0.39, 0.29) is 5.91 Å². The molecule has 2 heterocycles. The number of hydrogen-bond acceptors (Lipinski definition) is 3. The fourth-order valence-corrected chi connectivity index (χ4v) is 2.80. The third-order valence-corrected chi connectivity index (χ3v) is 4.31. The summed E-state index contributed by atoms with van der Waals surface area (Å²) in [6.07, 6.45) is 3.81. The lowest BCUT2D eigenvalue weighted by Gasteiger charge is -2.22. The zero-order valence-corrected chi connectivity index (χ0v) is 14.2. The summed E-state index contributed by atoms with van der Waals surface area (Å²) in [5.41, 5.74) is 2.49. The van der Waals surface area contributed by atoms with Crippen LogP contribution in [0.5, 0.6) is 0 Å². The van der Waals surface area contributed by atoms with Crippen LogP contribution in [0.25, 0.3) is 5.70 Å². The zero-order valence-electron chi connectivity index (χ0n) is 13.5. The van der Waals surface area contributed by atoms with Gasteiger partial charge in [0.1, 0.15) is 0 Å². The first kappa shape index (κ1) is 16.2. The molecular weight excluding hydrogens is 322 g/mol. The monoisotopic (exact) mass is 337 g/mol. The van der Waals surface area contributed by atoms with Crippen molar-refractivity contribution in [3.8, 4) is 6.07 Å². The van der Waals surface area contributed by atoms with E-state index in [0.29, 0.717) is 17.1 Å². The molecule has 1 aliphatic rings. The maximum atomic E-state index is 12.3. The van der Waals surface area contributed by atoms with Gasteiger partial charge in [0.15, 0.2) is 0 Å². The Morgan fingerprint density at radius 1 is 1.25 bits per heavy atom. The first-order chi connectivity index (χ1) is 11.4. The Balaban J connectivity index is 1.97. The van der Waals surface area contributed by atoms with E-state index in [0.717, 1.165) is 16.9 Å². The van der Waals surface area contributed by atoms with E-state index < -0.39 is 5.41 Å². The SMILES string of the molecule is CC(C)(C#N)c1ccc(N2C(=O)CC=C2c2cc(Cl)ccn2)cc1. The lowest BCUT2D eigenvalue weighted by molar-refractivity contribution is -0.116. The average Bonchev–Trinajstić information content (AvgIpc) is 2.96. The van der Waals surface area contributed by atoms with Gasteiger partial charge in [-0.1, -0.05) is 23.7 Å². The number of rotatable bonds is 3. The van der Waals surface area contributed by atoms with Crippen molar-refractivity contribution >= 4 is 28.9 Å². The highest BCUT2D eigenvalue weighted by Gasteiger charge is 2.28. The molecule has 2 aromatic rings. The van der Waals surface area contributed by atoms with E-state index in [1.54, 1.807) is 23.2 Å². The zero-order chi connectivity index (χ0) is 17.3. The van der Waals surface area contributed by atoms with Crippen molar-refractivity contribution in [2.24, 2.45) is 0 Å². The molecule has 1 aliphatic heterocycles. The summed E-state index contributed by atoms with van der Waals surface area (Å²) in [7, 11) is 0. The van der Waals surface area contributed by atoms with Gasteiger partial charge in [-0.15, -0.1) is 0 Å². The Hall–Kier alpha value is -2.64. The highest BCUT2D eigenvalue weighted by Crippen LogP contribution is 2.33. The summed E-state index contributed by atoms with van der Waals surface area (Å²) >= 11 is 6.04. The molecule has 0 N–H and O–H groups in total. The molecule has 0 unspecified atom stereocenters. The number of amides is 1. The number of carbonyl (C=O) groups is 1. The molecule has 0 saturated carbocycles. The molecule has 1 amide bonds. The maximum Gasteiger partial charge on any atom is 0.235 e. The topological polar surface area (TPSA) is 57.0 Å². The van der Waals surface area contributed by atoms with Gasteiger partial charge in [0.05, 0.1) is 22.9 Å². The second-order valence-electron chi connectivity index (χ2n) is 6.17. The molecule has 1 aromatic carbocycles. The largest absolute Gasteiger partial charge is 0.279 e. The summed E-state index contributed by atoms with van der Waals surface area (Å²) in [5.74, 6) is -0.0148. The molecule has 1 aromatic heterocycles. The number of nitrogens with zero attached hydrogens (tertiary/aromatic N) is 3. The predicted octanol–water partition coefficient (Wildman–Crippen LogP) is 4.31. The third-order valence-electron chi connectivity index (χ3n) is 4.07. The number of carbonyl (C=O) groups excluding carboxylic acids is 1. The predicted molar refractivity (Wildman–Crippen MR) is 94.4 cm³/mol. The van der Waals surface area contributed by atoms with Crippen molar-refractivity contribution in [1.29, 1.82) is 5.26 Å². The molecule has 4 nitrogen and oxygen atoms in total. The highest BCUT2D eigenvalue weighted by molar-refractivity contribution is 6.30. The molecular formula is C19H16ClN3O.